The van der Waals surface area contributed by atoms with Crippen LogP contribution in [0.1, 0.15) is 46.7 Å². The number of carbonyl (C=O) groups is 2. The van der Waals surface area contributed by atoms with E-state index in [4.69, 9.17) is 5.73 Å². The lowest BCUT2D eigenvalue weighted by molar-refractivity contribution is -0.138. The summed E-state index contributed by atoms with van der Waals surface area (Å²) in [7, 11) is -3.68. The Bertz CT molecular complexity index is 1330. The number of likely N-dealkylation sites (tertiary alicyclic amines) is 1. The third-order valence-electron chi connectivity index (χ3n) is 6.87. The van der Waals surface area contributed by atoms with Gasteiger partial charge in [0.25, 0.3) is 5.91 Å². The van der Waals surface area contributed by atoms with Gasteiger partial charge in [0, 0.05) is 30.7 Å². The molecule has 3 atom stereocenters. The molecule has 2 aliphatic rings. The quantitative estimate of drug-likeness (QED) is 0.559. The molecule has 1 heterocycles. The van der Waals surface area contributed by atoms with Crippen LogP contribution in [0.15, 0.2) is 47.4 Å². The second-order valence-corrected chi connectivity index (χ2v) is 11.4. The molecule has 1 aliphatic carbocycles. The molecule has 0 aromatic heterocycles. The van der Waals surface area contributed by atoms with Crippen LogP contribution in [-0.2, 0) is 20.8 Å². The van der Waals surface area contributed by atoms with Gasteiger partial charge in [-0.1, -0.05) is 12.1 Å². The number of nitrogens with zero attached hydrogens (tertiary/aromatic N) is 1. The van der Waals surface area contributed by atoms with Crippen molar-refractivity contribution in [1.29, 1.82) is 0 Å². The van der Waals surface area contributed by atoms with Gasteiger partial charge < -0.3 is 15.7 Å². The summed E-state index contributed by atoms with van der Waals surface area (Å²) < 4.78 is 78.5. The number of benzene rings is 2. The Labute approximate surface area is 204 Å². The van der Waals surface area contributed by atoms with Gasteiger partial charge in [-0.2, -0.15) is 13.2 Å². The maximum atomic E-state index is 15.2. The number of primary amides is 1. The molecule has 2 aromatic carbocycles. The van der Waals surface area contributed by atoms with Crippen molar-refractivity contribution in [2.24, 2.45) is 11.7 Å². The zero-order chi connectivity index (χ0) is 26.6. The number of carbonyl (C=O) groups excluding carboxylic acids is 2. The van der Waals surface area contributed by atoms with Crippen molar-refractivity contribution in [1.82, 2.24) is 4.90 Å². The summed E-state index contributed by atoms with van der Waals surface area (Å²) >= 11 is 0. The summed E-state index contributed by atoms with van der Waals surface area (Å²) in [5, 5.41) is 10.5. The fraction of sp³-hybridized carbons (Fsp3) is 0.417. The molecule has 3 N–H and O–H groups in total. The van der Waals surface area contributed by atoms with E-state index < -0.39 is 56.8 Å². The Morgan fingerprint density at radius 1 is 1.17 bits per heavy atom. The molecule has 1 aliphatic heterocycles. The third kappa shape index (κ3) is 4.59. The SMILES string of the molecule is CS(=O)(=O)c1cccc(C(=O)N2CC(O)C[C@@]2(C(N)=O)[C@@H](c2ccc(C(F)(F)F)cc2F)C2CC2)c1. The Kier molecular flexibility index (Phi) is 6.40. The Hall–Kier alpha value is -2.99. The number of rotatable bonds is 6. The first kappa shape index (κ1) is 26.1. The van der Waals surface area contributed by atoms with Crippen molar-refractivity contribution >= 4 is 21.7 Å². The minimum absolute atomic E-state index is 0.0971. The lowest BCUT2D eigenvalue weighted by Gasteiger charge is -2.42. The average molecular weight is 529 g/mol. The fourth-order valence-electron chi connectivity index (χ4n) is 5.16. The summed E-state index contributed by atoms with van der Waals surface area (Å²) in [5.74, 6) is -4.53. The van der Waals surface area contributed by atoms with Gasteiger partial charge in [0.15, 0.2) is 9.84 Å². The maximum Gasteiger partial charge on any atom is 0.416 e. The lowest BCUT2D eigenvalue weighted by Crippen LogP contribution is -2.60. The number of halogens is 4. The second-order valence-electron chi connectivity index (χ2n) is 9.41. The molecule has 1 saturated heterocycles. The normalized spacial score (nSPS) is 23.5. The molecule has 1 unspecified atom stereocenters. The first-order valence-corrected chi connectivity index (χ1v) is 13.0. The van der Waals surface area contributed by atoms with E-state index in [2.05, 4.69) is 0 Å². The minimum Gasteiger partial charge on any atom is -0.391 e. The fourth-order valence-corrected chi connectivity index (χ4v) is 5.82. The topological polar surface area (TPSA) is 118 Å². The van der Waals surface area contributed by atoms with Gasteiger partial charge in [0.1, 0.15) is 11.4 Å². The van der Waals surface area contributed by atoms with E-state index in [0.29, 0.717) is 25.0 Å². The van der Waals surface area contributed by atoms with Gasteiger partial charge >= 0.3 is 6.18 Å². The monoisotopic (exact) mass is 528 g/mol. The lowest BCUT2D eigenvalue weighted by atomic mass is 9.72. The predicted molar refractivity (Wildman–Crippen MR) is 120 cm³/mol. The van der Waals surface area contributed by atoms with E-state index in [9.17, 15) is 36.3 Å². The van der Waals surface area contributed by atoms with Gasteiger partial charge in [-0.15, -0.1) is 0 Å². The van der Waals surface area contributed by atoms with Crippen LogP contribution in [0.25, 0.3) is 0 Å². The molecule has 0 spiro atoms. The van der Waals surface area contributed by atoms with Crippen molar-refractivity contribution in [2.45, 2.75) is 47.9 Å². The van der Waals surface area contributed by atoms with Crippen molar-refractivity contribution < 1.29 is 40.7 Å². The first-order valence-electron chi connectivity index (χ1n) is 11.1. The van der Waals surface area contributed by atoms with Crippen LogP contribution < -0.4 is 5.73 Å². The van der Waals surface area contributed by atoms with Gasteiger partial charge in [-0.3, -0.25) is 9.59 Å². The number of aliphatic hydroxyl groups is 1. The van der Waals surface area contributed by atoms with Crippen LogP contribution in [0.3, 0.4) is 0 Å². The molecule has 1 saturated carbocycles. The highest BCUT2D eigenvalue weighted by Crippen LogP contribution is 2.54. The number of aliphatic hydroxyl groups excluding tert-OH is 1. The molecule has 0 radical (unpaired) electrons. The van der Waals surface area contributed by atoms with E-state index in [1.807, 2.05) is 0 Å². The average Bonchev–Trinajstić information content (AvgIpc) is 3.55. The van der Waals surface area contributed by atoms with Gasteiger partial charge in [0.2, 0.25) is 5.91 Å². The number of amides is 2. The highest BCUT2D eigenvalue weighted by molar-refractivity contribution is 7.90. The predicted octanol–water partition coefficient (Wildman–Crippen LogP) is 2.87. The third-order valence-corrected chi connectivity index (χ3v) is 7.98. The molecule has 0 bridgehead atoms. The molecule has 7 nitrogen and oxygen atoms in total. The molecule has 36 heavy (non-hydrogen) atoms. The largest absolute Gasteiger partial charge is 0.416 e. The van der Waals surface area contributed by atoms with Crippen LogP contribution in [0, 0.1) is 11.7 Å². The number of nitrogens with two attached hydrogens (primary N) is 1. The number of hydrogen-bond acceptors (Lipinski definition) is 5. The standard InChI is InChI=1S/C24H24F4N2O5S/c1-36(34,35)17-4-2-3-14(9-17)21(32)30-12-16(31)11-23(30,22(29)33)20(13-5-6-13)18-8-7-15(10-19(18)25)24(26,27)28/h2-4,7-10,13,16,20,31H,5-6,11-12H2,1H3,(H2,29,33)/t16?,20-,23+/m1/s1. The minimum atomic E-state index is -4.79. The van der Waals surface area contributed by atoms with Crippen LogP contribution in [-0.4, -0.2) is 54.7 Å². The maximum absolute atomic E-state index is 15.2. The first-order chi connectivity index (χ1) is 16.7. The van der Waals surface area contributed by atoms with Crippen molar-refractivity contribution in [3.63, 3.8) is 0 Å². The Balaban J connectivity index is 1.85. The summed E-state index contributed by atoms with van der Waals surface area (Å²) in [6.07, 6.45) is -4.37. The number of β-amino-alcohol motifs (C(OH)–C–C–N with tert-alkyl or cyclic N) is 1. The number of alkyl halides is 3. The zero-order valence-electron chi connectivity index (χ0n) is 19.1. The van der Waals surface area contributed by atoms with Crippen LogP contribution in [0.5, 0.6) is 0 Å². The molecule has 12 heteroatoms. The van der Waals surface area contributed by atoms with E-state index in [1.54, 1.807) is 0 Å². The van der Waals surface area contributed by atoms with Crippen molar-refractivity contribution in [2.75, 3.05) is 12.8 Å². The van der Waals surface area contributed by atoms with Gasteiger partial charge in [-0.05, 0) is 54.7 Å². The van der Waals surface area contributed by atoms with Crippen LogP contribution in [0.4, 0.5) is 17.6 Å². The van der Waals surface area contributed by atoms with Crippen LogP contribution in [0.2, 0.25) is 0 Å². The van der Waals surface area contributed by atoms with E-state index in [1.165, 1.54) is 18.2 Å². The molecule has 2 amide bonds. The van der Waals surface area contributed by atoms with E-state index in [-0.39, 0.29) is 34.9 Å². The molecule has 194 valence electrons. The number of hydrogen-bond donors (Lipinski definition) is 2. The highest BCUT2D eigenvalue weighted by atomic mass is 32.2. The molecule has 4 rings (SSSR count). The molecule has 2 aromatic rings. The summed E-state index contributed by atoms with van der Waals surface area (Å²) in [6.45, 7) is -0.351. The van der Waals surface area contributed by atoms with E-state index >= 15 is 4.39 Å². The van der Waals surface area contributed by atoms with Gasteiger partial charge in [-0.25, -0.2) is 12.8 Å². The van der Waals surface area contributed by atoms with Crippen molar-refractivity contribution in [3.05, 3.63) is 65.0 Å². The summed E-state index contributed by atoms with van der Waals surface area (Å²) in [5.41, 5.74) is 2.36. The summed E-state index contributed by atoms with van der Waals surface area (Å²) in [4.78, 5) is 27.5. The number of sulfone groups is 1. The van der Waals surface area contributed by atoms with Crippen molar-refractivity contribution in [3.8, 4) is 0 Å². The second kappa shape index (κ2) is 8.84. The smallest absolute Gasteiger partial charge is 0.391 e. The Morgan fingerprint density at radius 2 is 1.83 bits per heavy atom. The molecule has 2 fully saturated rings. The molecular formula is C24H24F4N2O5S. The highest BCUT2D eigenvalue weighted by Gasteiger charge is 2.61. The Morgan fingerprint density at radius 3 is 2.36 bits per heavy atom. The van der Waals surface area contributed by atoms with E-state index in [0.717, 1.165) is 23.3 Å². The molecular weight excluding hydrogens is 504 g/mol. The zero-order valence-corrected chi connectivity index (χ0v) is 19.9. The van der Waals surface area contributed by atoms with Gasteiger partial charge in [0.05, 0.1) is 16.6 Å². The van der Waals surface area contributed by atoms with Crippen LogP contribution >= 0.6 is 0 Å². The summed E-state index contributed by atoms with van der Waals surface area (Å²) in [6, 6.07) is 7.08.